The van der Waals surface area contributed by atoms with Crippen molar-refractivity contribution in [2.24, 2.45) is 0 Å². The van der Waals surface area contributed by atoms with Gasteiger partial charge in [-0.3, -0.25) is 9.69 Å². The molecule has 2 aromatic rings. The quantitative estimate of drug-likeness (QED) is 0.849. The third kappa shape index (κ3) is 2.55. The second-order valence-corrected chi connectivity index (χ2v) is 5.25. The summed E-state index contributed by atoms with van der Waals surface area (Å²) >= 11 is 0. The normalized spacial score (nSPS) is 17.9. The lowest BCUT2D eigenvalue weighted by Gasteiger charge is -2.31. The van der Waals surface area contributed by atoms with Gasteiger partial charge in [-0.05, 0) is 19.2 Å². The maximum atomic E-state index is 12.4. The molecule has 1 N–H and O–H groups in total. The summed E-state index contributed by atoms with van der Waals surface area (Å²) in [5.41, 5.74) is 1.77. The van der Waals surface area contributed by atoms with E-state index in [1.54, 1.807) is 0 Å². The molecule has 0 radical (unpaired) electrons. The van der Waals surface area contributed by atoms with Crippen molar-refractivity contribution in [3.05, 3.63) is 36.0 Å². The smallest absolute Gasteiger partial charge is 0.178 e. The Kier molecular flexibility index (Phi) is 3.36. The standard InChI is InChI=1S/C15H19N3O/c1-17-7-9-18(10-8-17)11-14(19)13-4-2-3-12-5-6-16-15(12)13/h2-6,16H,7-11H2,1H3. The third-order valence-electron chi connectivity index (χ3n) is 3.85. The van der Waals surface area contributed by atoms with Crippen LogP contribution in [0.15, 0.2) is 30.5 Å². The van der Waals surface area contributed by atoms with Gasteiger partial charge in [-0.2, -0.15) is 0 Å². The zero-order valence-electron chi connectivity index (χ0n) is 11.2. The van der Waals surface area contributed by atoms with Crippen molar-refractivity contribution in [2.75, 3.05) is 39.8 Å². The fraction of sp³-hybridized carbons (Fsp3) is 0.400. The molecule has 0 saturated carbocycles. The summed E-state index contributed by atoms with van der Waals surface area (Å²) in [6.45, 7) is 4.55. The largest absolute Gasteiger partial charge is 0.361 e. The van der Waals surface area contributed by atoms with Gasteiger partial charge in [0.2, 0.25) is 0 Å². The van der Waals surface area contributed by atoms with E-state index < -0.39 is 0 Å². The number of aromatic nitrogens is 1. The number of fused-ring (bicyclic) bond motifs is 1. The Hall–Kier alpha value is -1.65. The maximum Gasteiger partial charge on any atom is 0.178 e. The number of benzene rings is 1. The monoisotopic (exact) mass is 257 g/mol. The van der Waals surface area contributed by atoms with Crippen LogP contribution in [-0.2, 0) is 0 Å². The van der Waals surface area contributed by atoms with Crippen LogP contribution in [0.1, 0.15) is 10.4 Å². The molecule has 2 heterocycles. The number of aromatic amines is 1. The number of nitrogens with zero attached hydrogens (tertiary/aromatic N) is 2. The maximum absolute atomic E-state index is 12.4. The molecule has 4 nitrogen and oxygen atoms in total. The predicted molar refractivity (Wildman–Crippen MR) is 76.6 cm³/mol. The van der Waals surface area contributed by atoms with E-state index >= 15 is 0 Å². The molecule has 1 fully saturated rings. The number of hydrogen-bond donors (Lipinski definition) is 1. The van der Waals surface area contributed by atoms with Crippen molar-refractivity contribution >= 4 is 16.7 Å². The number of piperazine rings is 1. The van der Waals surface area contributed by atoms with Gasteiger partial charge in [0.05, 0.1) is 12.1 Å². The van der Waals surface area contributed by atoms with Crippen LogP contribution in [-0.4, -0.2) is 60.3 Å². The fourth-order valence-electron chi connectivity index (χ4n) is 2.61. The van der Waals surface area contributed by atoms with E-state index in [0.29, 0.717) is 6.54 Å². The van der Waals surface area contributed by atoms with Gasteiger partial charge in [0, 0.05) is 43.3 Å². The molecule has 1 aliphatic rings. The second-order valence-electron chi connectivity index (χ2n) is 5.25. The predicted octanol–water partition coefficient (Wildman–Crippen LogP) is 1.60. The average Bonchev–Trinajstić information content (AvgIpc) is 2.89. The highest BCUT2D eigenvalue weighted by molar-refractivity contribution is 6.07. The highest BCUT2D eigenvalue weighted by atomic mass is 16.1. The highest BCUT2D eigenvalue weighted by Crippen LogP contribution is 2.17. The lowest BCUT2D eigenvalue weighted by Crippen LogP contribution is -2.46. The molecular weight excluding hydrogens is 238 g/mol. The Balaban J connectivity index is 1.75. The van der Waals surface area contributed by atoms with Crippen LogP contribution in [0.3, 0.4) is 0 Å². The molecule has 0 aliphatic carbocycles. The van der Waals surface area contributed by atoms with E-state index in [1.165, 1.54) is 0 Å². The van der Waals surface area contributed by atoms with E-state index in [4.69, 9.17) is 0 Å². The third-order valence-corrected chi connectivity index (χ3v) is 3.85. The van der Waals surface area contributed by atoms with E-state index in [-0.39, 0.29) is 5.78 Å². The van der Waals surface area contributed by atoms with Gasteiger partial charge >= 0.3 is 0 Å². The Bertz CT molecular complexity index is 582. The zero-order valence-corrected chi connectivity index (χ0v) is 11.2. The zero-order chi connectivity index (χ0) is 13.2. The van der Waals surface area contributed by atoms with Gasteiger partial charge in [0.1, 0.15) is 0 Å². The molecule has 0 unspecified atom stereocenters. The molecule has 3 rings (SSSR count). The van der Waals surface area contributed by atoms with Crippen LogP contribution in [0.2, 0.25) is 0 Å². The Morgan fingerprint density at radius 3 is 2.79 bits per heavy atom. The summed E-state index contributed by atoms with van der Waals surface area (Å²) in [4.78, 5) is 20.1. The van der Waals surface area contributed by atoms with E-state index in [0.717, 1.165) is 42.6 Å². The van der Waals surface area contributed by atoms with Crippen LogP contribution in [0.5, 0.6) is 0 Å². The summed E-state index contributed by atoms with van der Waals surface area (Å²) in [6.07, 6.45) is 1.89. The number of carbonyl (C=O) groups excluding carboxylic acids is 1. The number of rotatable bonds is 3. The van der Waals surface area contributed by atoms with Crippen LogP contribution in [0, 0.1) is 0 Å². The van der Waals surface area contributed by atoms with E-state index in [2.05, 4.69) is 21.8 Å². The summed E-state index contributed by atoms with van der Waals surface area (Å²) in [7, 11) is 2.12. The molecule has 1 aliphatic heterocycles. The molecule has 0 amide bonds. The van der Waals surface area contributed by atoms with E-state index in [1.807, 2.05) is 30.5 Å². The van der Waals surface area contributed by atoms with Gasteiger partial charge < -0.3 is 9.88 Å². The number of Topliss-reactive ketones (excluding diaryl/α,β-unsaturated/α-hetero) is 1. The molecule has 4 heteroatoms. The van der Waals surface area contributed by atoms with Gasteiger partial charge in [0.25, 0.3) is 0 Å². The topological polar surface area (TPSA) is 39.3 Å². The first-order chi connectivity index (χ1) is 9.24. The minimum atomic E-state index is 0.206. The van der Waals surface area contributed by atoms with Crippen molar-refractivity contribution in [1.82, 2.24) is 14.8 Å². The summed E-state index contributed by atoms with van der Waals surface area (Å²) < 4.78 is 0. The molecule has 19 heavy (non-hydrogen) atoms. The van der Waals surface area contributed by atoms with Crippen molar-refractivity contribution in [3.63, 3.8) is 0 Å². The Labute approximate surface area is 113 Å². The molecule has 100 valence electrons. The van der Waals surface area contributed by atoms with Gasteiger partial charge in [-0.15, -0.1) is 0 Å². The van der Waals surface area contributed by atoms with Crippen LogP contribution in [0.25, 0.3) is 10.9 Å². The molecule has 1 aromatic carbocycles. The lowest BCUT2D eigenvalue weighted by atomic mass is 10.1. The summed E-state index contributed by atoms with van der Waals surface area (Å²) in [5.74, 6) is 0.206. The number of nitrogens with one attached hydrogen (secondary N) is 1. The van der Waals surface area contributed by atoms with Crippen molar-refractivity contribution < 1.29 is 4.79 Å². The average molecular weight is 257 g/mol. The highest BCUT2D eigenvalue weighted by Gasteiger charge is 2.18. The van der Waals surface area contributed by atoms with Crippen LogP contribution >= 0.6 is 0 Å². The first kappa shape index (κ1) is 12.4. The number of ketones is 1. The molecule has 1 aromatic heterocycles. The number of para-hydroxylation sites is 1. The molecule has 0 atom stereocenters. The first-order valence-electron chi connectivity index (χ1n) is 6.74. The first-order valence-corrected chi connectivity index (χ1v) is 6.74. The second kappa shape index (κ2) is 5.15. The Morgan fingerprint density at radius 1 is 1.21 bits per heavy atom. The molecular formula is C15H19N3O. The Morgan fingerprint density at radius 2 is 2.00 bits per heavy atom. The fourth-order valence-corrected chi connectivity index (χ4v) is 2.61. The number of likely N-dealkylation sites (N-methyl/N-ethyl adjacent to an activating group) is 1. The molecule has 0 spiro atoms. The van der Waals surface area contributed by atoms with E-state index in [9.17, 15) is 4.79 Å². The number of carbonyl (C=O) groups is 1. The molecule has 0 bridgehead atoms. The van der Waals surface area contributed by atoms with Crippen LogP contribution < -0.4 is 0 Å². The minimum Gasteiger partial charge on any atom is -0.361 e. The summed E-state index contributed by atoms with van der Waals surface area (Å²) in [6, 6.07) is 7.89. The number of hydrogen-bond acceptors (Lipinski definition) is 3. The van der Waals surface area contributed by atoms with Gasteiger partial charge in [-0.25, -0.2) is 0 Å². The van der Waals surface area contributed by atoms with Crippen molar-refractivity contribution in [2.45, 2.75) is 0 Å². The minimum absolute atomic E-state index is 0.206. The van der Waals surface area contributed by atoms with Crippen molar-refractivity contribution in [1.29, 1.82) is 0 Å². The summed E-state index contributed by atoms with van der Waals surface area (Å²) in [5, 5.41) is 1.10. The lowest BCUT2D eigenvalue weighted by molar-refractivity contribution is 0.0878. The van der Waals surface area contributed by atoms with Crippen molar-refractivity contribution in [3.8, 4) is 0 Å². The van der Waals surface area contributed by atoms with Gasteiger partial charge in [0.15, 0.2) is 5.78 Å². The van der Waals surface area contributed by atoms with Crippen LogP contribution in [0.4, 0.5) is 0 Å². The number of H-pyrrole nitrogens is 1. The van der Waals surface area contributed by atoms with Gasteiger partial charge in [-0.1, -0.05) is 12.1 Å². The molecule has 1 saturated heterocycles. The SMILES string of the molecule is CN1CCN(CC(=O)c2cccc3cc[nH]c23)CC1.